The molecule has 11 heteroatoms. The number of aromatic nitrogens is 3. The summed E-state index contributed by atoms with van der Waals surface area (Å²) in [6.07, 6.45) is -5.98. The van der Waals surface area contributed by atoms with Crippen molar-refractivity contribution in [2.24, 2.45) is 0 Å². The molecule has 2 aromatic rings. The predicted octanol–water partition coefficient (Wildman–Crippen LogP) is 0.663. The highest BCUT2D eigenvalue weighted by molar-refractivity contribution is 7.89. The van der Waals surface area contributed by atoms with Crippen molar-refractivity contribution in [3.8, 4) is 0 Å². The van der Waals surface area contributed by atoms with Crippen molar-refractivity contribution in [2.45, 2.75) is 19.1 Å². The summed E-state index contributed by atoms with van der Waals surface area (Å²) < 4.78 is 61.9. The summed E-state index contributed by atoms with van der Waals surface area (Å²) in [5.41, 5.74) is -0.0513. The second kappa shape index (κ2) is 6.62. The zero-order chi connectivity index (χ0) is 17.1. The smallest absolute Gasteiger partial charge is 0.267 e. The Hall–Kier alpha value is -2.01. The number of benzene rings is 1. The van der Waals surface area contributed by atoms with Crippen molar-refractivity contribution >= 4 is 20.9 Å². The van der Waals surface area contributed by atoms with E-state index in [1.165, 1.54) is 0 Å². The number of hydrogen-bond acceptors (Lipinski definition) is 5. The highest BCUT2D eigenvalue weighted by Gasteiger charge is 2.29. The lowest BCUT2D eigenvalue weighted by atomic mass is 10.2. The first-order chi connectivity index (χ1) is 10.7. The Morgan fingerprint density at radius 2 is 1.91 bits per heavy atom. The SMILES string of the molecule is O=c1c2ccccc2nnn1CCNS(=O)(=O)CCC(F)(F)F. The molecule has 126 valence electrons. The molecule has 1 aromatic heterocycles. The molecule has 23 heavy (non-hydrogen) atoms. The number of rotatable bonds is 6. The molecule has 2 rings (SSSR count). The molecule has 0 fully saturated rings. The molecule has 1 heterocycles. The summed E-state index contributed by atoms with van der Waals surface area (Å²) in [5.74, 6) is -1.06. The van der Waals surface area contributed by atoms with Crippen LogP contribution in [0.1, 0.15) is 6.42 Å². The van der Waals surface area contributed by atoms with Crippen molar-refractivity contribution in [1.29, 1.82) is 0 Å². The van der Waals surface area contributed by atoms with Gasteiger partial charge >= 0.3 is 6.18 Å². The van der Waals surface area contributed by atoms with E-state index in [9.17, 15) is 26.4 Å². The van der Waals surface area contributed by atoms with E-state index in [0.29, 0.717) is 10.9 Å². The largest absolute Gasteiger partial charge is 0.390 e. The second-order valence-corrected chi connectivity index (χ2v) is 6.64. The second-order valence-electron chi connectivity index (χ2n) is 4.71. The molecule has 0 bridgehead atoms. The molecule has 0 unspecified atom stereocenters. The maximum absolute atomic E-state index is 12.1. The third-order valence-corrected chi connectivity index (χ3v) is 4.31. The fourth-order valence-electron chi connectivity index (χ4n) is 1.80. The Morgan fingerprint density at radius 1 is 1.22 bits per heavy atom. The van der Waals surface area contributed by atoms with Crippen LogP contribution in [0.5, 0.6) is 0 Å². The molecule has 0 aliphatic rings. The van der Waals surface area contributed by atoms with Gasteiger partial charge in [-0.3, -0.25) is 4.79 Å². The zero-order valence-corrected chi connectivity index (χ0v) is 12.6. The molecule has 0 saturated carbocycles. The van der Waals surface area contributed by atoms with Crippen molar-refractivity contribution in [3.63, 3.8) is 0 Å². The zero-order valence-electron chi connectivity index (χ0n) is 11.7. The van der Waals surface area contributed by atoms with E-state index < -0.39 is 33.9 Å². The average molecular weight is 350 g/mol. The lowest BCUT2D eigenvalue weighted by Crippen LogP contribution is -2.34. The number of sulfonamides is 1. The van der Waals surface area contributed by atoms with Crippen molar-refractivity contribution in [1.82, 2.24) is 19.7 Å². The predicted molar refractivity (Wildman–Crippen MR) is 76.3 cm³/mol. The van der Waals surface area contributed by atoms with Crippen LogP contribution < -0.4 is 10.3 Å². The molecule has 0 aliphatic heterocycles. The third kappa shape index (κ3) is 4.99. The van der Waals surface area contributed by atoms with Crippen LogP contribution in [-0.2, 0) is 16.6 Å². The van der Waals surface area contributed by atoms with Crippen LogP contribution in [0, 0.1) is 0 Å². The summed E-state index contributed by atoms with van der Waals surface area (Å²) in [5, 5.41) is 7.78. The highest BCUT2D eigenvalue weighted by Crippen LogP contribution is 2.19. The van der Waals surface area contributed by atoms with Crippen LogP contribution in [-0.4, -0.2) is 41.9 Å². The van der Waals surface area contributed by atoms with E-state index in [0.717, 1.165) is 4.68 Å². The van der Waals surface area contributed by atoms with Gasteiger partial charge in [-0.1, -0.05) is 17.3 Å². The molecule has 0 saturated heterocycles. The Kier molecular flexibility index (Phi) is 5.00. The van der Waals surface area contributed by atoms with Gasteiger partial charge in [0.15, 0.2) is 0 Å². The molecule has 1 N–H and O–H groups in total. The van der Waals surface area contributed by atoms with Gasteiger partial charge in [0.1, 0.15) is 5.52 Å². The number of nitrogens with one attached hydrogen (secondary N) is 1. The first-order valence-electron chi connectivity index (χ1n) is 6.55. The van der Waals surface area contributed by atoms with E-state index in [4.69, 9.17) is 0 Å². The molecule has 0 atom stereocenters. The number of halogens is 3. The van der Waals surface area contributed by atoms with Crippen LogP contribution in [0.25, 0.3) is 10.9 Å². The molecule has 0 amide bonds. The first-order valence-corrected chi connectivity index (χ1v) is 8.20. The minimum absolute atomic E-state index is 0.137. The van der Waals surface area contributed by atoms with Crippen LogP contribution in [0.4, 0.5) is 13.2 Å². The van der Waals surface area contributed by atoms with Crippen LogP contribution in [0.3, 0.4) is 0 Å². The van der Waals surface area contributed by atoms with Crippen molar-refractivity contribution < 1.29 is 21.6 Å². The number of hydrogen-bond donors (Lipinski definition) is 1. The molecule has 1 aromatic carbocycles. The molecule has 0 aliphatic carbocycles. The van der Waals surface area contributed by atoms with Gasteiger partial charge in [-0.15, -0.1) is 5.10 Å². The first kappa shape index (κ1) is 17.3. The fraction of sp³-hybridized carbons (Fsp3) is 0.417. The summed E-state index contributed by atoms with van der Waals surface area (Å²) in [6.45, 7) is -0.394. The van der Waals surface area contributed by atoms with Gasteiger partial charge in [0, 0.05) is 6.54 Å². The number of alkyl halides is 3. The maximum Gasteiger partial charge on any atom is 0.390 e. The number of fused-ring (bicyclic) bond motifs is 1. The lowest BCUT2D eigenvalue weighted by molar-refractivity contribution is -0.129. The van der Waals surface area contributed by atoms with Crippen LogP contribution in [0.15, 0.2) is 29.1 Å². The Bertz CT molecular complexity index is 848. The Morgan fingerprint density at radius 3 is 2.61 bits per heavy atom. The normalized spacial score (nSPS) is 12.7. The van der Waals surface area contributed by atoms with Gasteiger partial charge in [0.05, 0.1) is 24.1 Å². The van der Waals surface area contributed by atoms with Gasteiger partial charge in [0.2, 0.25) is 10.0 Å². The summed E-state index contributed by atoms with van der Waals surface area (Å²) in [4.78, 5) is 12.1. The van der Waals surface area contributed by atoms with E-state index in [-0.39, 0.29) is 13.1 Å². The van der Waals surface area contributed by atoms with Gasteiger partial charge in [-0.25, -0.2) is 17.8 Å². The number of nitrogens with zero attached hydrogens (tertiary/aromatic N) is 3. The standard InChI is InChI=1S/C12H13F3N4O3S/c13-12(14,15)5-8-23(21,22)16-6-7-19-11(20)9-3-1-2-4-10(9)17-18-19/h1-4,16H,5-8H2. The topological polar surface area (TPSA) is 93.9 Å². The molecular weight excluding hydrogens is 337 g/mol. The molecular formula is C12H13F3N4O3S. The van der Waals surface area contributed by atoms with Crippen LogP contribution in [0.2, 0.25) is 0 Å². The Balaban J connectivity index is 1.99. The molecule has 0 spiro atoms. The minimum Gasteiger partial charge on any atom is -0.267 e. The Labute approximate surface area is 129 Å². The van der Waals surface area contributed by atoms with Crippen molar-refractivity contribution in [3.05, 3.63) is 34.6 Å². The quantitative estimate of drug-likeness (QED) is 0.826. The van der Waals surface area contributed by atoms with E-state index >= 15 is 0 Å². The summed E-state index contributed by atoms with van der Waals surface area (Å²) in [7, 11) is -4.07. The fourth-order valence-corrected chi connectivity index (χ4v) is 2.85. The van der Waals surface area contributed by atoms with Crippen molar-refractivity contribution in [2.75, 3.05) is 12.3 Å². The van der Waals surface area contributed by atoms with Gasteiger partial charge in [-0.2, -0.15) is 13.2 Å². The third-order valence-electron chi connectivity index (χ3n) is 2.93. The lowest BCUT2D eigenvalue weighted by Gasteiger charge is -2.09. The van der Waals surface area contributed by atoms with Gasteiger partial charge in [0.25, 0.3) is 5.56 Å². The monoisotopic (exact) mass is 350 g/mol. The highest BCUT2D eigenvalue weighted by atomic mass is 32.2. The summed E-state index contributed by atoms with van der Waals surface area (Å²) in [6, 6.07) is 6.50. The van der Waals surface area contributed by atoms with Crippen LogP contribution >= 0.6 is 0 Å². The average Bonchev–Trinajstić information content (AvgIpc) is 2.47. The molecule has 0 radical (unpaired) electrons. The minimum atomic E-state index is -4.55. The maximum atomic E-state index is 12.1. The summed E-state index contributed by atoms with van der Waals surface area (Å²) >= 11 is 0. The van der Waals surface area contributed by atoms with Gasteiger partial charge < -0.3 is 0 Å². The molecule has 7 nitrogen and oxygen atoms in total. The van der Waals surface area contributed by atoms with E-state index in [2.05, 4.69) is 10.3 Å². The van der Waals surface area contributed by atoms with E-state index in [1.807, 2.05) is 4.72 Å². The van der Waals surface area contributed by atoms with Gasteiger partial charge in [-0.05, 0) is 12.1 Å². The van der Waals surface area contributed by atoms with E-state index in [1.54, 1.807) is 24.3 Å².